The fraction of sp³-hybridized carbons (Fsp3) is 0.800. The minimum atomic E-state index is -1.00. The largest absolute Gasteiger partial charge is 0.478 e. The standard InChI is InChI=1S/C5H10N4O2S/c1-12-3-2-4(5(10)11)7-9-8-6/h4,7H,2-3H2,1H3,(H,10,11). The van der Waals surface area contributed by atoms with Gasteiger partial charge in [0.1, 0.15) is 0 Å². The molecule has 0 aliphatic carbocycles. The lowest BCUT2D eigenvalue weighted by Gasteiger charge is -2.05. The molecule has 0 spiro atoms. The number of hydrogen-bond donors (Lipinski definition) is 2. The number of hydrogen-bond acceptors (Lipinski definition) is 3. The smallest absolute Gasteiger partial charge is 0.349 e. The van der Waals surface area contributed by atoms with Gasteiger partial charge in [0.2, 0.25) is 0 Å². The van der Waals surface area contributed by atoms with E-state index in [4.69, 9.17) is 10.6 Å². The molecule has 7 heteroatoms. The average Bonchev–Trinajstić information content (AvgIpc) is 2.04. The normalized spacial score (nSPS) is 11.4. The van der Waals surface area contributed by atoms with Crippen molar-refractivity contribution in [3.63, 3.8) is 0 Å². The highest BCUT2D eigenvalue weighted by molar-refractivity contribution is 7.98. The van der Waals surface area contributed by atoms with Gasteiger partial charge >= 0.3 is 5.97 Å². The van der Waals surface area contributed by atoms with E-state index < -0.39 is 12.0 Å². The van der Waals surface area contributed by atoms with Gasteiger partial charge in [0.25, 0.3) is 0 Å². The molecule has 0 bridgehead atoms. The van der Waals surface area contributed by atoms with Gasteiger partial charge in [-0.1, -0.05) is 0 Å². The molecule has 0 radical (unpaired) electrons. The second kappa shape index (κ2) is 6.63. The Morgan fingerprint density at radius 3 is 3.00 bits per heavy atom. The molecular formula is C5H10N4O2S. The molecule has 0 aliphatic heterocycles. The van der Waals surface area contributed by atoms with Crippen LogP contribution in [-0.2, 0) is 4.79 Å². The van der Waals surface area contributed by atoms with Crippen LogP contribution in [0.4, 0.5) is 0 Å². The van der Waals surface area contributed by atoms with Gasteiger partial charge in [0.05, 0.1) is 0 Å². The number of carboxylic acid groups (broad SMARTS) is 1. The lowest BCUT2D eigenvalue weighted by atomic mass is 10.2. The van der Waals surface area contributed by atoms with Crippen LogP contribution in [0.25, 0.3) is 10.4 Å². The molecule has 0 aromatic rings. The van der Waals surface area contributed by atoms with Gasteiger partial charge in [-0.15, -0.1) is 5.53 Å². The summed E-state index contributed by atoms with van der Waals surface area (Å²) in [4.78, 5) is 12.9. The maximum Gasteiger partial charge on any atom is 0.349 e. The predicted octanol–water partition coefficient (Wildman–Crippen LogP) is 1.01. The summed E-state index contributed by atoms with van der Waals surface area (Å²) >= 11 is 1.54. The zero-order valence-corrected chi connectivity index (χ0v) is 7.41. The van der Waals surface area contributed by atoms with Gasteiger partial charge in [0, 0.05) is 6.42 Å². The highest BCUT2D eigenvalue weighted by Gasteiger charge is 2.17. The molecule has 6 nitrogen and oxygen atoms in total. The van der Waals surface area contributed by atoms with Crippen LogP contribution >= 0.6 is 11.8 Å². The SMILES string of the molecule is CSCCC(NN=[N+]=[N-])C(=O)O. The van der Waals surface area contributed by atoms with E-state index in [2.05, 4.69) is 15.6 Å². The van der Waals surface area contributed by atoms with Crippen molar-refractivity contribution < 1.29 is 9.90 Å². The molecule has 1 unspecified atom stereocenters. The van der Waals surface area contributed by atoms with Crippen LogP contribution < -0.4 is 5.43 Å². The lowest BCUT2D eigenvalue weighted by molar-refractivity contribution is -0.139. The first-order chi connectivity index (χ1) is 5.72. The van der Waals surface area contributed by atoms with E-state index in [1.807, 2.05) is 6.26 Å². The molecule has 0 aromatic carbocycles. The Kier molecular flexibility index (Phi) is 6.04. The highest BCUT2D eigenvalue weighted by atomic mass is 32.2. The second-order valence-electron chi connectivity index (χ2n) is 1.99. The number of nitrogens with zero attached hydrogens (tertiary/aromatic N) is 3. The second-order valence-corrected chi connectivity index (χ2v) is 2.98. The van der Waals surface area contributed by atoms with Crippen LogP contribution in [0.3, 0.4) is 0 Å². The van der Waals surface area contributed by atoms with E-state index >= 15 is 0 Å². The Morgan fingerprint density at radius 1 is 1.92 bits per heavy atom. The van der Waals surface area contributed by atoms with E-state index in [1.54, 1.807) is 11.8 Å². The number of rotatable bonds is 6. The third kappa shape index (κ3) is 4.70. The van der Waals surface area contributed by atoms with Crippen LogP contribution in [0.2, 0.25) is 0 Å². The van der Waals surface area contributed by atoms with Crippen molar-refractivity contribution in [2.75, 3.05) is 12.0 Å². The minimum Gasteiger partial charge on any atom is -0.478 e. The molecular weight excluding hydrogens is 180 g/mol. The average molecular weight is 190 g/mol. The molecule has 0 rings (SSSR count). The molecule has 0 aliphatic rings. The van der Waals surface area contributed by atoms with Crippen LogP contribution in [0, 0.1) is 0 Å². The van der Waals surface area contributed by atoms with Gasteiger partial charge in [-0.2, -0.15) is 16.7 Å². The molecule has 0 amide bonds. The predicted molar refractivity (Wildman–Crippen MR) is 46.7 cm³/mol. The lowest BCUT2D eigenvalue weighted by Crippen LogP contribution is -2.33. The van der Waals surface area contributed by atoms with Crippen LogP contribution in [-0.4, -0.2) is 29.1 Å². The van der Waals surface area contributed by atoms with Crippen molar-refractivity contribution in [3.05, 3.63) is 10.4 Å². The summed E-state index contributed by atoms with van der Waals surface area (Å²) in [7, 11) is 0. The topological polar surface area (TPSA) is 98.1 Å². The molecule has 0 saturated heterocycles. The minimum absolute atomic E-state index is 0.440. The Hall–Kier alpha value is -1.07. The number of aliphatic carboxylic acids is 1. The number of carbonyl (C=O) groups is 1. The van der Waals surface area contributed by atoms with Gasteiger partial charge in [-0.25, -0.2) is 10.2 Å². The highest BCUT2D eigenvalue weighted by Crippen LogP contribution is 2.00. The summed E-state index contributed by atoms with van der Waals surface area (Å²) < 4.78 is 0. The molecule has 2 N–H and O–H groups in total. The van der Waals surface area contributed by atoms with Crippen molar-refractivity contribution >= 4 is 17.7 Å². The number of carboxylic acids is 1. The molecule has 1 atom stereocenters. The Morgan fingerprint density at radius 2 is 2.58 bits per heavy atom. The van der Waals surface area contributed by atoms with Gasteiger partial charge in [-0.3, -0.25) is 0 Å². The maximum atomic E-state index is 10.5. The summed E-state index contributed by atoms with van der Waals surface area (Å²) in [5.74, 6) is -0.290. The summed E-state index contributed by atoms with van der Waals surface area (Å²) in [5.41, 5.74) is 10.1. The first-order valence-electron chi connectivity index (χ1n) is 3.23. The third-order valence-corrected chi connectivity index (χ3v) is 1.81. The fourth-order valence-electron chi connectivity index (χ4n) is 0.574. The summed E-state index contributed by atoms with van der Waals surface area (Å²) in [5, 5.41) is 11.6. The first kappa shape index (κ1) is 10.9. The van der Waals surface area contributed by atoms with Gasteiger partial charge in [-0.05, 0) is 17.2 Å². The first-order valence-corrected chi connectivity index (χ1v) is 4.63. The zero-order chi connectivity index (χ0) is 9.40. The third-order valence-electron chi connectivity index (χ3n) is 1.17. The van der Waals surface area contributed by atoms with Gasteiger partial charge in [0.15, 0.2) is 6.04 Å². The maximum absolute atomic E-state index is 10.5. The number of thioether (sulfide) groups is 1. The van der Waals surface area contributed by atoms with E-state index in [0.29, 0.717) is 12.2 Å². The van der Waals surface area contributed by atoms with Crippen LogP contribution in [0.5, 0.6) is 0 Å². The molecule has 0 heterocycles. The summed E-state index contributed by atoms with van der Waals surface area (Å²) in [6.45, 7) is 0. The van der Waals surface area contributed by atoms with E-state index in [9.17, 15) is 4.79 Å². The van der Waals surface area contributed by atoms with E-state index in [-0.39, 0.29) is 0 Å². The Balaban J connectivity index is 3.86. The van der Waals surface area contributed by atoms with Crippen LogP contribution in [0.1, 0.15) is 6.42 Å². The van der Waals surface area contributed by atoms with Crippen LogP contribution in [0.15, 0.2) is 5.22 Å². The molecule has 12 heavy (non-hydrogen) atoms. The van der Waals surface area contributed by atoms with Crippen molar-refractivity contribution in [3.8, 4) is 0 Å². The van der Waals surface area contributed by atoms with E-state index in [1.165, 1.54) is 0 Å². The molecule has 0 fully saturated rings. The Bertz CT molecular complexity index is 192. The fourth-order valence-corrected chi connectivity index (χ4v) is 1.05. The Labute approximate surface area is 73.9 Å². The molecule has 68 valence electrons. The van der Waals surface area contributed by atoms with E-state index in [0.717, 1.165) is 0 Å². The van der Waals surface area contributed by atoms with Crippen molar-refractivity contribution in [2.45, 2.75) is 12.5 Å². The summed E-state index contributed by atoms with van der Waals surface area (Å²) in [6, 6.07) is -0.784. The molecule has 0 saturated carbocycles. The zero-order valence-electron chi connectivity index (χ0n) is 6.60. The van der Waals surface area contributed by atoms with Crippen molar-refractivity contribution in [1.29, 1.82) is 0 Å². The van der Waals surface area contributed by atoms with Crippen molar-refractivity contribution in [2.24, 2.45) is 5.22 Å². The molecule has 0 aromatic heterocycles. The number of azide groups is 1. The van der Waals surface area contributed by atoms with Gasteiger partial charge < -0.3 is 5.11 Å². The van der Waals surface area contributed by atoms with Crippen molar-refractivity contribution in [1.82, 2.24) is 5.43 Å². The quantitative estimate of drug-likeness (QED) is 0.282. The monoisotopic (exact) mass is 190 g/mol. The summed E-state index contributed by atoms with van der Waals surface area (Å²) in [6.07, 6.45) is 2.32. The number of nitrogens with one attached hydrogen (secondary N) is 1.